The molecule has 2 unspecified atom stereocenters. The first-order valence-corrected chi connectivity index (χ1v) is 10.2. The van der Waals surface area contributed by atoms with E-state index in [0.717, 1.165) is 0 Å². The van der Waals surface area contributed by atoms with E-state index < -0.39 is 59.6 Å². The molecule has 0 rings (SSSR count). The summed E-state index contributed by atoms with van der Waals surface area (Å²) < 4.78 is 14.6. The van der Waals surface area contributed by atoms with Gasteiger partial charge in [-0.2, -0.15) is 0 Å². The van der Waals surface area contributed by atoms with E-state index >= 15 is 0 Å². The number of ketones is 1. The topological polar surface area (TPSA) is 185 Å². The van der Waals surface area contributed by atoms with Crippen molar-refractivity contribution in [3.05, 3.63) is 0 Å². The van der Waals surface area contributed by atoms with Crippen LogP contribution >= 0.6 is 0 Å². The van der Waals surface area contributed by atoms with Crippen LogP contribution in [0.25, 0.3) is 0 Å². The first kappa shape index (κ1) is 28.6. The Morgan fingerprint density at radius 2 is 1.48 bits per heavy atom. The molecule has 0 spiro atoms. The Bertz CT molecular complexity index is 682. The maximum atomic E-state index is 12.3. The van der Waals surface area contributed by atoms with Crippen molar-refractivity contribution in [3.8, 4) is 0 Å². The van der Waals surface area contributed by atoms with E-state index in [9.17, 15) is 29.1 Å². The van der Waals surface area contributed by atoms with Crippen molar-refractivity contribution in [2.24, 2.45) is 17.4 Å². The van der Waals surface area contributed by atoms with Gasteiger partial charge in [0, 0.05) is 6.42 Å². The van der Waals surface area contributed by atoms with E-state index in [1.165, 1.54) is 20.8 Å². The van der Waals surface area contributed by atoms with Crippen LogP contribution < -0.4 is 11.5 Å². The number of aliphatic hydroxyl groups is 1. The third-order valence-corrected chi connectivity index (χ3v) is 5.19. The van der Waals surface area contributed by atoms with Gasteiger partial charge in [0.25, 0.3) is 0 Å². The number of esters is 4. The van der Waals surface area contributed by atoms with E-state index in [4.69, 9.17) is 20.9 Å². The maximum absolute atomic E-state index is 12.3. The average molecular weight is 446 g/mol. The van der Waals surface area contributed by atoms with Crippen LogP contribution in [-0.2, 0) is 38.2 Å². The molecule has 11 nitrogen and oxygen atoms in total. The third kappa shape index (κ3) is 8.00. The van der Waals surface area contributed by atoms with Crippen molar-refractivity contribution >= 4 is 29.7 Å². The van der Waals surface area contributed by atoms with Gasteiger partial charge in [0.15, 0.2) is 6.10 Å². The number of carbonyl (C=O) groups excluding carboxylic acids is 5. The Balaban J connectivity index is 5.13. The van der Waals surface area contributed by atoms with Gasteiger partial charge in [-0.05, 0) is 26.2 Å². The Kier molecular flexibility index (Phi) is 11.5. The minimum Gasteiger partial charge on any atom is -0.455 e. The third-order valence-electron chi connectivity index (χ3n) is 5.19. The van der Waals surface area contributed by atoms with Gasteiger partial charge in [0.05, 0.1) is 0 Å². The van der Waals surface area contributed by atoms with Crippen LogP contribution in [0.15, 0.2) is 0 Å². The number of ether oxygens (including phenoxy) is 3. The lowest BCUT2D eigenvalue weighted by molar-refractivity contribution is -0.189. The van der Waals surface area contributed by atoms with Gasteiger partial charge >= 0.3 is 23.9 Å². The lowest BCUT2D eigenvalue weighted by atomic mass is 9.94. The van der Waals surface area contributed by atoms with Crippen LogP contribution in [0.1, 0.15) is 60.8 Å². The maximum Gasteiger partial charge on any atom is 0.374 e. The molecule has 0 aliphatic carbocycles. The van der Waals surface area contributed by atoms with Gasteiger partial charge in [-0.15, -0.1) is 0 Å². The molecule has 0 aliphatic heterocycles. The predicted octanol–water partition coefficient (Wildman–Crippen LogP) is -0.259. The van der Waals surface area contributed by atoms with Crippen LogP contribution in [0, 0.1) is 5.92 Å². The van der Waals surface area contributed by atoms with Crippen molar-refractivity contribution in [1.82, 2.24) is 0 Å². The van der Waals surface area contributed by atoms with Gasteiger partial charge < -0.3 is 30.8 Å². The lowest BCUT2D eigenvalue weighted by Crippen LogP contribution is -2.53. The number of hydrogen-bond acceptors (Lipinski definition) is 11. The van der Waals surface area contributed by atoms with Crippen molar-refractivity contribution in [1.29, 1.82) is 0 Å². The zero-order valence-electron chi connectivity index (χ0n) is 18.9. The van der Waals surface area contributed by atoms with Gasteiger partial charge in [-0.3, -0.25) is 9.59 Å². The van der Waals surface area contributed by atoms with Gasteiger partial charge in [-0.25, -0.2) is 14.4 Å². The number of nitrogens with two attached hydrogens (primary N) is 2. The number of hydrogen-bond donors (Lipinski definition) is 3. The molecule has 0 aromatic carbocycles. The van der Waals surface area contributed by atoms with Crippen LogP contribution in [0.4, 0.5) is 0 Å². The molecule has 0 saturated heterocycles. The summed E-state index contributed by atoms with van der Waals surface area (Å²) in [7, 11) is 0. The largest absolute Gasteiger partial charge is 0.455 e. The Labute approximate surface area is 181 Å². The molecule has 5 N–H and O–H groups in total. The highest BCUT2D eigenvalue weighted by Crippen LogP contribution is 2.23. The Hall–Kier alpha value is -2.37. The zero-order chi connectivity index (χ0) is 24.5. The molecule has 11 heteroatoms. The molecule has 0 radical (unpaired) electrons. The highest BCUT2D eigenvalue weighted by atomic mass is 16.6. The second-order valence-electron chi connectivity index (χ2n) is 7.55. The van der Waals surface area contributed by atoms with Gasteiger partial charge in [0.2, 0.25) is 5.78 Å². The van der Waals surface area contributed by atoms with E-state index in [1.807, 2.05) is 6.92 Å². The molecule has 0 aliphatic rings. The summed E-state index contributed by atoms with van der Waals surface area (Å²) in [6.07, 6.45) is -2.76. The summed E-state index contributed by atoms with van der Waals surface area (Å²) in [5.74, 6) is -5.69. The molecule has 0 amide bonds. The average Bonchev–Trinajstić information content (AvgIpc) is 2.75. The fourth-order valence-corrected chi connectivity index (χ4v) is 2.22. The summed E-state index contributed by atoms with van der Waals surface area (Å²) in [4.78, 5) is 59.4. The highest BCUT2D eigenvalue weighted by molar-refractivity contribution is 6.33. The van der Waals surface area contributed by atoms with Crippen LogP contribution in [0.5, 0.6) is 0 Å². The quantitative estimate of drug-likeness (QED) is 0.155. The van der Waals surface area contributed by atoms with Gasteiger partial charge in [-0.1, -0.05) is 34.1 Å². The second kappa shape index (κ2) is 12.5. The predicted molar refractivity (Wildman–Crippen MR) is 108 cm³/mol. The molecular weight excluding hydrogens is 412 g/mol. The van der Waals surface area contributed by atoms with E-state index in [0.29, 0.717) is 6.42 Å². The number of rotatable bonds is 12. The molecule has 0 heterocycles. The fourth-order valence-electron chi connectivity index (χ4n) is 2.22. The first-order valence-electron chi connectivity index (χ1n) is 10.2. The molecule has 6 atom stereocenters. The SMILES string of the molecule is CCC(=O)C(=O)O[C@H](C)[C@H](N)C(=O)OC(=O)C(O)C(C)(CC)OC(=O)[C@@H](N)[C@@H](C)CC. The van der Waals surface area contributed by atoms with Crippen molar-refractivity contribution < 1.29 is 43.3 Å². The summed E-state index contributed by atoms with van der Waals surface area (Å²) in [6, 6.07) is -2.56. The van der Waals surface area contributed by atoms with E-state index in [2.05, 4.69) is 4.74 Å². The summed E-state index contributed by atoms with van der Waals surface area (Å²) in [5.41, 5.74) is 9.72. The first-order chi connectivity index (χ1) is 14.2. The van der Waals surface area contributed by atoms with Crippen LogP contribution in [0.2, 0.25) is 0 Å². The molecule has 0 bridgehead atoms. The number of Topliss-reactive ketones (excluding diaryl/α,β-unsaturated/α-hetero) is 1. The molecule has 0 aromatic heterocycles. The Morgan fingerprint density at radius 1 is 0.935 bits per heavy atom. The molecular formula is C20H34N2O9. The smallest absolute Gasteiger partial charge is 0.374 e. The standard InChI is InChI=1S/C20H34N2O9/c1-7-10(4)13(21)18(27)31-20(6,9-3)15(24)19(28)30-17(26)14(22)11(5)29-16(25)12(23)8-2/h10-11,13-15,24H,7-9,21-22H2,1-6H3/t10-,11+,13-,14-,15?,20?/m0/s1. The zero-order valence-corrected chi connectivity index (χ0v) is 18.9. The van der Waals surface area contributed by atoms with Crippen LogP contribution in [0.3, 0.4) is 0 Å². The summed E-state index contributed by atoms with van der Waals surface area (Å²) in [5, 5.41) is 10.4. The minimum absolute atomic E-state index is 0.00955. The minimum atomic E-state index is -2.01. The summed E-state index contributed by atoms with van der Waals surface area (Å²) >= 11 is 0. The fraction of sp³-hybridized carbons (Fsp3) is 0.750. The monoisotopic (exact) mass is 446 g/mol. The number of aliphatic hydroxyl groups excluding tert-OH is 1. The molecule has 0 fully saturated rings. The van der Waals surface area contributed by atoms with Crippen molar-refractivity contribution in [2.75, 3.05) is 0 Å². The van der Waals surface area contributed by atoms with Crippen LogP contribution in [-0.4, -0.2) is 64.7 Å². The molecule has 178 valence electrons. The lowest BCUT2D eigenvalue weighted by Gasteiger charge is -2.33. The molecule has 0 saturated carbocycles. The number of carbonyl (C=O) groups is 5. The summed E-state index contributed by atoms with van der Waals surface area (Å²) in [6.45, 7) is 9.14. The normalized spacial score (nSPS) is 17.8. The van der Waals surface area contributed by atoms with Gasteiger partial charge in [0.1, 0.15) is 23.8 Å². The van der Waals surface area contributed by atoms with E-state index in [1.54, 1.807) is 13.8 Å². The van der Waals surface area contributed by atoms with Crippen molar-refractivity contribution in [2.45, 2.75) is 90.7 Å². The highest BCUT2D eigenvalue weighted by Gasteiger charge is 2.44. The van der Waals surface area contributed by atoms with E-state index in [-0.39, 0.29) is 18.8 Å². The van der Waals surface area contributed by atoms with Crippen molar-refractivity contribution in [3.63, 3.8) is 0 Å². The Morgan fingerprint density at radius 3 is 1.94 bits per heavy atom. The molecule has 0 aromatic rings. The second-order valence-corrected chi connectivity index (χ2v) is 7.55. The molecule has 31 heavy (non-hydrogen) atoms.